The standard InChI is InChI=1S/C14H12BrClN2O3/c1-21-13-6-5-10(7-11(13)16)17-8-9-3-2-4-12(14(9)15)18(19)20/h2-7,17H,8H2,1H3. The maximum Gasteiger partial charge on any atom is 0.283 e. The van der Waals surface area contributed by atoms with Gasteiger partial charge in [-0.05, 0) is 39.7 Å². The molecule has 0 saturated heterocycles. The van der Waals surface area contributed by atoms with Gasteiger partial charge in [0.15, 0.2) is 0 Å². The van der Waals surface area contributed by atoms with Crippen LogP contribution in [0.3, 0.4) is 0 Å². The molecule has 0 aliphatic heterocycles. The third-order valence-electron chi connectivity index (χ3n) is 2.89. The lowest BCUT2D eigenvalue weighted by molar-refractivity contribution is -0.385. The molecule has 2 aromatic rings. The molecule has 0 heterocycles. The van der Waals surface area contributed by atoms with Crippen LogP contribution in [0.2, 0.25) is 5.02 Å². The number of methoxy groups -OCH3 is 1. The molecular formula is C14H12BrClN2O3. The SMILES string of the molecule is COc1ccc(NCc2cccc([N+](=O)[O-])c2Br)cc1Cl. The topological polar surface area (TPSA) is 64.4 Å². The summed E-state index contributed by atoms with van der Waals surface area (Å²) in [7, 11) is 1.55. The third-order valence-corrected chi connectivity index (χ3v) is 4.10. The molecule has 0 spiro atoms. The molecular weight excluding hydrogens is 360 g/mol. The summed E-state index contributed by atoms with van der Waals surface area (Å²) in [4.78, 5) is 10.5. The van der Waals surface area contributed by atoms with Crippen LogP contribution >= 0.6 is 27.5 Å². The molecule has 0 fully saturated rings. The first-order chi connectivity index (χ1) is 10.0. The molecule has 0 radical (unpaired) electrons. The number of halogens is 2. The fourth-order valence-electron chi connectivity index (χ4n) is 1.82. The largest absolute Gasteiger partial charge is 0.495 e. The molecule has 2 rings (SSSR count). The van der Waals surface area contributed by atoms with Crippen molar-refractivity contribution in [2.45, 2.75) is 6.54 Å². The Morgan fingerprint density at radius 3 is 2.76 bits per heavy atom. The molecule has 0 unspecified atom stereocenters. The van der Waals surface area contributed by atoms with Crippen LogP contribution in [0, 0.1) is 10.1 Å². The summed E-state index contributed by atoms with van der Waals surface area (Å²) in [6.07, 6.45) is 0. The van der Waals surface area contributed by atoms with Crippen molar-refractivity contribution in [2.24, 2.45) is 0 Å². The van der Waals surface area contributed by atoms with Crippen LogP contribution in [0.5, 0.6) is 5.75 Å². The molecule has 110 valence electrons. The molecule has 0 saturated carbocycles. The number of nitrogens with zero attached hydrogens (tertiary/aromatic N) is 1. The summed E-state index contributed by atoms with van der Waals surface area (Å²) in [5.74, 6) is 0.596. The number of anilines is 1. The monoisotopic (exact) mass is 370 g/mol. The highest BCUT2D eigenvalue weighted by Crippen LogP contribution is 2.30. The molecule has 2 aromatic carbocycles. The minimum atomic E-state index is -0.419. The van der Waals surface area contributed by atoms with Crippen molar-refractivity contribution in [3.63, 3.8) is 0 Å². The number of hydrogen-bond acceptors (Lipinski definition) is 4. The van der Waals surface area contributed by atoms with Gasteiger partial charge in [-0.3, -0.25) is 10.1 Å². The summed E-state index contributed by atoms with van der Waals surface area (Å²) in [6, 6.07) is 10.3. The molecule has 0 aliphatic carbocycles. The second-order valence-electron chi connectivity index (χ2n) is 4.21. The van der Waals surface area contributed by atoms with Gasteiger partial charge in [-0.15, -0.1) is 0 Å². The zero-order valence-electron chi connectivity index (χ0n) is 11.1. The van der Waals surface area contributed by atoms with Crippen LogP contribution in [-0.4, -0.2) is 12.0 Å². The molecule has 0 amide bonds. The van der Waals surface area contributed by atoms with E-state index in [0.29, 0.717) is 21.8 Å². The van der Waals surface area contributed by atoms with Crippen molar-refractivity contribution in [3.8, 4) is 5.75 Å². The predicted octanol–water partition coefficient (Wildman–Crippen LogP) is 4.63. The van der Waals surface area contributed by atoms with E-state index in [1.807, 2.05) is 12.1 Å². The molecule has 0 atom stereocenters. The number of ether oxygens (including phenoxy) is 1. The maximum atomic E-state index is 10.9. The summed E-state index contributed by atoms with van der Waals surface area (Å²) >= 11 is 9.31. The van der Waals surface area contributed by atoms with Gasteiger partial charge < -0.3 is 10.1 Å². The van der Waals surface area contributed by atoms with Gasteiger partial charge in [-0.1, -0.05) is 23.7 Å². The number of rotatable bonds is 5. The fourth-order valence-corrected chi connectivity index (χ4v) is 2.62. The van der Waals surface area contributed by atoms with E-state index in [-0.39, 0.29) is 5.69 Å². The van der Waals surface area contributed by atoms with E-state index in [1.54, 1.807) is 25.3 Å². The van der Waals surface area contributed by atoms with E-state index in [4.69, 9.17) is 16.3 Å². The summed E-state index contributed by atoms with van der Waals surface area (Å²) < 4.78 is 5.56. The summed E-state index contributed by atoms with van der Waals surface area (Å²) in [6.45, 7) is 0.435. The first kappa shape index (κ1) is 15.6. The molecule has 0 aromatic heterocycles. The Balaban J connectivity index is 2.15. The van der Waals surface area contributed by atoms with E-state index >= 15 is 0 Å². The van der Waals surface area contributed by atoms with E-state index < -0.39 is 4.92 Å². The van der Waals surface area contributed by atoms with Crippen LogP contribution in [0.15, 0.2) is 40.9 Å². The van der Waals surface area contributed by atoms with Crippen molar-refractivity contribution in [1.29, 1.82) is 0 Å². The Morgan fingerprint density at radius 2 is 2.14 bits per heavy atom. The third kappa shape index (κ3) is 3.65. The lowest BCUT2D eigenvalue weighted by Crippen LogP contribution is -2.02. The highest BCUT2D eigenvalue weighted by atomic mass is 79.9. The molecule has 7 heteroatoms. The second kappa shape index (κ2) is 6.78. The van der Waals surface area contributed by atoms with Gasteiger partial charge in [-0.2, -0.15) is 0 Å². The second-order valence-corrected chi connectivity index (χ2v) is 5.41. The van der Waals surface area contributed by atoms with Crippen molar-refractivity contribution >= 4 is 38.9 Å². The van der Waals surface area contributed by atoms with E-state index in [2.05, 4.69) is 21.2 Å². The van der Waals surface area contributed by atoms with Crippen molar-refractivity contribution < 1.29 is 9.66 Å². The van der Waals surface area contributed by atoms with Crippen LogP contribution in [-0.2, 0) is 6.54 Å². The maximum absolute atomic E-state index is 10.9. The van der Waals surface area contributed by atoms with Gasteiger partial charge >= 0.3 is 0 Å². The van der Waals surface area contributed by atoms with Crippen LogP contribution in [0.25, 0.3) is 0 Å². The Hall–Kier alpha value is -1.79. The zero-order chi connectivity index (χ0) is 15.4. The average Bonchev–Trinajstić information content (AvgIpc) is 2.46. The summed E-state index contributed by atoms with van der Waals surface area (Å²) in [5.41, 5.74) is 1.64. The number of nitro groups is 1. The van der Waals surface area contributed by atoms with Crippen molar-refractivity contribution in [1.82, 2.24) is 0 Å². The number of benzene rings is 2. The predicted molar refractivity (Wildman–Crippen MR) is 86.1 cm³/mol. The molecule has 21 heavy (non-hydrogen) atoms. The molecule has 0 aliphatic rings. The highest BCUT2D eigenvalue weighted by molar-refractivity contribution is 9.10. The lowest BCUT2D eigenvalue weighted by atomic mass is 10.2. The molecule has 1 N–H and O–H groups in total. The lowest BCUT2D eigenvalue weighted by Gasteiger charge is -2.10. The first-order valence-electron chi connectivity index (χ1n) is 6.02. The molecule has 5 nitrogen and oxygen atoms in total. The minimum Gasteiger partial charge on any atom is -0.495 e. The van der Waals surface area contributed by atoms with Crippen molar-refractivity contribution in [2.75, 3.05) is 12.4 Å². The number of nitrogens with one attached hydrogen (secondary N) is 1. The first-order valence-corrected chi connectivity index (χ1v) is 7.19. The number of hydrogen-bond donors (Lipinski definition) is 1. The zero-order valence-corrected chi connectivity index (χ0v) is 13.4. The highest BCUT2D eigenvalue weighted by Gasteiger charge is 2.14. The van der Waals surface area contributed by atoms with Crippen LogP contribution < -0.4 is 10.1 Å². The fraction of sp³-hybridized carbons (Fsp3) is 0.143. The Bertz CT molecular complexity index is 679. The van der Waals surface area contributed by atoms with Crippen molar-refractivity contribution in [3.05, 3.63) is 61.6 Å². The Kier molecular flexibility index (Phi) is 5.03. The van der Waals surface area contributed by atoms with Gasteiger partial charge in [0.2, 0.25) is 0 Å². The Morgan fingerprint density at radius 1 is 1.38 bits per heavy atom. The molecule has 0 bridgehead atoms. The van der Waals surface area contributed by atoms with E-state index in [9.17, 15) is 10.1 Å². The van der Waals surface area contributed by atoms with E-state index in [0.717, 1.165) is 11.3 Å². The average molecular weight is 372 g/mol. The Labute approximate surface area is 135 Å². The quantitative estimate of drug-likeness (QED) is 0.614. The summed E-state index contributed by atoms with van der Waals surface area (Å²) in [5, 5.41) is 14.6. The van der Waals surface area contributed by atoms with Crippen LogP contribution in [0.4, 0.5) is 11.4 Å². The van der Waals surface area contributed by atoms with Gasteiger partial charge in [0, 0.05) is 18.3 Å². The van der Waals surface area contributed by atoms with E-state index in [1.165, 1.54) is 6.07 Å². The van der Waals surface area contributed by atoms with Gasteiger partial charge in [0.1, 0.15) is 10.2 Å². The van der Waals surface area contributed by atoms with Gasteiger partial charge in [0.05, 0.1) is 17.1 Å². The van der Waals surface area contributed by atoms with Crippen LogP contribution in [0.1, 0.15) is 5.56 Å². The van der Waals surface area contributed by atoms with Gasteiger partial charge in [0.25, 0.3) is 5.69 Å². The normalized spacial score (nSPS) is 10.2. The van der Waals surface area contributed by atoms with Gasteiger partial charge in [-0.25, -0.2) is 0 Å². The smallest absolute Gasteiger partial charge is 0.283 e. The number of nitro benzene ring substituents is 1. The minimum absolute atomic E-state index is 0.0436.